The van der Waals surface area contributed by atoms with Crippen LogP contribution in [0.5, 0.6) is 0 Å². The fourth-order valence-corrected chi connectivity index (χ4v) is 1.96. The molecular weight excluding hydrogens is 228 g/mol. The van der Waals surface area contributed by atoms with Crippen molar-refractivity contribution in [3.8, 4) is 0 Å². The van der Waals surface area contributed by atoms with Gasteiger partial charge in [-0.25, -0.2) is 0 Å². The molecule has 0 radical (unpaired) electrons. The van der Waals surface area contributed by atoms with Crippen molar-refractivity contribution in [1.29, 1.82) is 0 Å². The number of hydrogen-bond acceptors (Lipinski definition) is 1. The van der Waals surface area contributed by atoms with E-state index < -0.39 is 6.28 Å². The summed E-state index contributed by atoms with van der Waals surface area (Å²) in [7, 11) is 0. The van der Waals surface area contributed by atoms with Crippen molar-refractivity contribution in [2.75, 3.05) is 6.61 Å². The van der Waals surface area contributed by atoms with Crippen LogP contribution in [0.25, 0.3) is 0 Å². The summed E-state index contributed by atoms with van der Waals surface area (Å²) in [5.74, 6) is 0. The highest BCUT2D eigenvalue weighted by molar-refractivity contribution is 9.48. The summed E-state index contributed by atoms with van der Waals surface area (Å²) in [4.78, 5) is 0. The van der Waals surface area contributed by atoms with E-state index in [0.29, 0.717) is 0 Å². The summed E-state index contributed by atoms with van der Waals surface area (Å²) in [6.07, 6.45) is -1.05. The second kappa shape index (κ2) is 4.30. The first-order valence-corrected chi connectivity index (χ1v) is 8.51. The number of hydrogen-bond donors (Lipinski definition) is 0. The Morgan fingerprint density at radius 1 is 1.67 bits per heavy atom. The Morgan fingerprint density at radius 2 is 2.17 bits per heavy atom. The Labute approximate surface area is 55.0 Å². The molecule has 0 saturated heterocycles. The minimum absolute atomic E-state index is 0.799. The molecule has 0 aliphatic heterocycles. The Hall–Kier alpha value is 1.14. The maximum absolute atomic E-state index is 5.01. The summed E-state index contributed by atoms with van der Waals surface area (Å²) in [6.45, 7) is 2.77. The Morgan fingerprint density at radius 3 is 2.17 bits per heavy atom. The number of rotatable bonds is 2. The second-order valence-corrected chi connectivity index (χ2v) is 10.2. The van der Waals surface area contributed by atoms with Crippen LogP contribution in [0, 0.1) is 0 Å². The van der Waals surface area contributed by atoms with E-state index in [0.717, 1.165) is 6.61 Å². The molecule has 4 heteroatoms. The van der Waals surface area contributed by atoms with Gasteiger partial charge in [-0.05, 0) is 6.92 Å². The van der Waals surface area contributed by atoms with Crippen LogP contribution < -0.4 is 0 Å². The molecule has 0 bridgehead atoms. The molecule has 0 aliphatic carbocycles. The van der Waals surface area contributed by atoms with E-state index in [1.54, 1.807) is 0 Å². The highest BCUT2D eigenvalue weighted by atomic mass is 79.9. The molecule has 0 aromatic carbocycles. The van der Waals surface area contributed by atoms with Crippen LogP contribution >= 0.6 is 30.6 Å². The van der Waals surface area contributed by atoms with Crippen LogP contribution in [0.15, 0.2) is 0 Å². The van der Waals surface area contributed by atoms with E-state index in [9.17, 15) is 0 Å². The van der Waals surface area contributed by atoms with Crippen molar-refractivity contribution in [2.24, 2.45) is 0 Å². The maximum Gasteiger partial charge on any atom is 0.319 e. The molecule has 0 rings (SSSR count). The predicted molar refractivity (Wildman–Crippen MR) is 36.6 cm³/mol. The standard InChI is InChI=1S/C2H6Br2OSi/c1-2-5-6(3)4/h6H,2H2,1H3. The molecule has 0 aliphatic rings. The Balaban J connectivity index is 2.63. The van der Waals surface area contributed by atoms with E-state index in [-0.39, 0.29) is 0 Å². The highest BCUT2D eigenvalue weighted by Gasteiger charge is 1.93. The van der Waals surface area contributed by atoms with Crippen molar-refractivity contribution in [1.82, 2.24) is 0 Å². The number of halogens is 2. The molecular formula is C2H6Br2OSi. The summed E-state index contributed by atoms with van der Waals surface area (Å²) in [6, 6.07) is 0. The topological polar surface area (TPSA) is 9.23 Å². The van der Waals surface area contributed by atoms with Gasteiger partial charge in [0, 0.05) is 6.61 Å². The van der Waals surface area contributed by atoms with Gasteiger partial charge in [-0.1, -0.05) is 30.6 Å². The van der Waals surface area contributed by atoms with Crippen LogP contribution in [0.2, 0.25) is 0 Å². The Bertz CT molecular complexity index is 32.7. The van der Waals surface area contributed by atoms with Crippen molar-refractivity contribution in [2.45, 2.75) is 6.92 Å². The third-order valence-corrected chi connectivity index (χ3v) is 2.46. The lowest BCUT2D eigenvalue weighted by Gasteiger charge is -1.94. The zero-order valence-corrected chi connectivity index (χ0v) is 7.78. The van der Waals surface area contributed by atoms with E-state index >= 15 is 0 Å². The SMILES string of the molecule is CCO[SiH](Br)Br. The van der Waals surface area contributed by atoms with Gasteiger partial charge in [-0.15, -0.1) is 0 Å². The van der Waals surface area contributed by atoms with Crippen LogP contribution in [0.4, 0.5) is 0 Å². The average molecular weight is 234 g/mol. The summed E-state index contributed by atoms with van der Waals surface area (Å²) in [5, 5.41) is 0. The summed E-state index contributed by atoms with van der Waals surface area (Å²) >= 11 is 6.54. The molecule has 0 atom stereocenters. The molecule has 0 spiro atoms. The van der Waals surface area contributed by atoms with Gasteiger partial charge < -0.3 is 4.43 Å². The zero-order chi connectivity index (χ0) is 4.99. The average Bonchev–Trinajstić information content (AvgIpc) is 1.35. The first-order chi connectivity index (χ1) is 2.77. The Kier molecular flexibility index (Phi) is 5.11. The molecule has 1 nitrogen and oxygen atoms in total. The molecule has 38 valence electrons. The smallest absolute Gasteiger partial charge is 0.319 e. The van der Waals surface area contributed by atoms with Crippen molar-refractivity contribution < 1.29 is 4.43 Å². The van der Waals surface area contributed by atoms with Crippen LogP contribution in [0.3, 0.4) is 0 Å². The molecule has 0 fully saturated rings. The van der Waals surface area contributed by atoms with Gasteiger partial charge in [-0.3, -0.25) is 0 Å². The van der Waals surface area contributed by atoms with Crippen molar-refractivity contribution in [3.05, 3.63) is 0 Å². The molecule has 0 unspecified atom stereocenters. The van der Waals surface area contributed by atoms with Gasteiger partial charge in [0.05, 0.1) is 0 Å². The van der Waals surface area contributed by atoms with E-state index in [4.69, 9.17) is 4.43 Å². The lowest BCUT2D eigenvalue weighted by atomic mass is 10.9. The third-order valence-electron chi connectivity index (χ3n) is 0.293. The lowest BCUT2D eigenvalue weighted by Crippen LogP contribution is -1.97. The van der Waals surface area contributed by atoms with Gasteiger partial charge in [0.15, 0.2) is 0 Å². The molecule has 0 heterocycles. The molecule has 0 amide bonds. The van der Waals surface area contributed by atoms with E-state index in [1.807, 2.05) is 6.92 Å². The van der Waals surface area contributed by atoms with Crippen molar-refractivity contribution >= 4 is 36.9 Å². The van der Waals surface area contributed by atoms with Crippen LogP contribution in [-0.4, -0.2) is 12.9 Å². The molecule has 0 aromatic rings. The van der Waals surface area contributed by atoms with Gasteiger partial charge in [-0.2, -0.15) is 0 Å². The first kappa shape index (κ1) is 7.14. The summed E-state index contributed by atoms with van der Waals surface area (Å²) < 4.78 is 5.01. The largest absolute Gasteiger partial charge is 0.401 e. The lowest BCUT2D eigenvalue weighted by molar-refractivity contribution is 0.369. The maximum atomic E-state index is 5.01. The molecule has 0 saturated carbocycles. The third kappa shape index (κ3) is 5.14. The summed E-state index contributed by atoms with van der Waals surface area (Å²) in [5.41, 5.74) is 0. The fraction of sp³-hybridized carbons (Fsp3) is 1.00. The van der Waals surface area contributed by atoms with Gasteiger partial charge in [0.25, 0.3) is 0 Å². The van der Waals surface area contributed by atoms with Crippen LogP contribution in [-0.2, 0) is 4.43 Å². The second-order valence-electron chi connectivity index (χ2n) is 0.716. The predicted octanol–water partition coefficient (Wildman–Crippen LogP) is 1.53. The van der Waals surface area contributed by atoms with E-state index in [1.165, 1.54) is 0 Å². The van der Waals surface area contributed by atoms with Gasteiger partial charge >= 0.3 is 6.28 Å². The first-order valence-electron chi connectivity index (χ1n) is 1.67. The van der Waals surface area contributed by atoms with Crippen LogP contribution in [0.1, 0.15) is 6.92 Å². The van der Waals surface area contributed by atoms with Crippen molar-refractivity contribution in [3.63, 3.8) is 0 Å². The zero-order valence-electron chi connectivity index (χ0n) is 3.45. The van der Waals surface area contributed by atoms with Gasteiger partial charge in [0.1, 0.15) is 0 Å². The monoisotopic (exact) mass is 232 g/mol. The fourth-order valence-electron chi connectivity index (χ4n) is 0.126. The molecule has 0 N–H and O–H groups in total. The quantitative estimate of drug-likeness (QED) is 0.520. The van der Waals surface area contributed by atoms with E-state index in [2.05, 4.69) is 30.6 Å². The molecule has 0 aromatic heterocycles. The molecule has 6 heavy (non-hydrogen) atoms. The normalized spacial score (nSPS) is 10.0. The minimum atomic E-state index is -1.05. The highest BCUT2D eigenvalue weighted by Crippen LogP contribution is 2.01. The minimum Gasteiger partial charge on any atom is -0.401 e. The van der Waals surface area contributed by atoms with Gasteiger partial charge in [0.2, 0.25) is 0 Å².